The van der Waals surface area contributed by atoms with E-state index in [4.69, 9.17) is 0 Å². The smallest absolute Gasteiger partial charge is 0.220 e. The fourth-order valence-electron chi connectivity index (χ4n) is 4.82. The van der Waals surface area contributed by atoms with E-state index < -0.39 is 0 Å². The first-order valence-electron chi connectivity index (χ1n) is 9.36. The summed E-state index contributed by atoms with van der Waals surface area (Å²) in [5.41, 5.74) is 0. The summed E-state index contributed by atoms with van der Waals surface area (Å²) in [5, 5.41) is 6.89. The van der Waals surface area contributed by atoms with E-state index >= 15 is 0 Å². The molecule has 0 aromatic rings. The molecule has 0 radical (unpaired) electrons. The molecule has 0 aliphatic carbocycles. The van der Waals surface area contributed by atoms with Crippen LogP contribution in [0, 0.1) is 11.8 Å². The van der Waals surface area contributed by atoms with Crippen molar-refractivity contribution in [3.63, 3.8) is 0 Å². The van der Waals surface area contributed by atoms with Crippen molar-refractivity contribution in [2.45, 2.75) is 76.9 Å². The maximum Gasteiger partial charge on any atom is 0.220 e. The fourth-order valence-corrected chi connectivity index (χ4v) is 4.82. The van der Waals surface area contributed by atoms with Crippen molar-refractivity contribution in [1.29, 1.82) is 0 Å². The van der Waals surface area contributed by atoms with Crippen LogP contribution in [0.15, 0.2) is 0 Å². The number of carbonyl (C=O) groups excluding carboxylic acids is 1. The standard InChI is InChI=1S/C18H33N3O/c1-13-4-3-7-21(11-13)12-14(2)19-18(22)10-15-8-16-5-6-17(9-15)20-16/h13-17,20H,3-12H2,1-2H3,(H,19,22). The number of amides is 1. The maximum atomic E-state index is 12.3. The Morgan fingerprint density at radius 2 is 2.00 bits per heavy atom. The Hall–Kier alpha value is -0.610. The van der Waals surface area contributed by atoms with Gasteiger partial charge >= 0.3 is 0 Å². The van der Waals surface area contributed by atoms with Crippen LogP contribution in [0.5, 0.6) is 0 Å². The van der Waals surface area contributed by atoms with Gasteiger partial charge in [0.15, 0.2) is 0 Å². The van der Waals surface area contributed by atoms with Crippen molar-refractivity contribution in [1.82, 2.24) is 15.5 Å². The van der Waals surface area contributed by atoms with Gasteiger partial charge in [0.25, 0.3) is 0 Å². The maximum absolute atomic E-state index is 12.3. The molecule has 4 heteroatoms. The molecule has 2 bridgehead atoms. The van der Waals surface area contributed by atoms with Gasteiger partial charge in [-0.1, -0.05) is 6.92 Å². The van der Waals surface area contributed by atoms with E-state index in [0.29, 0.717) is 18.0 Å². The highest BCUT2D eigenvalue weighted by molar-refractivity contribution is 5.76. The van der Waals surface area contributed by atoms with Gasteiger partial charge in [0.05, 0.1) is 0 Å². The fraction of sp³-hybridized carbons (Fsp3) is 0.944. The molecular weight excluding hydrogens is 274 g/mol. The van der Waals surface area contributed by atoms with Crippen molar-refractivity contribution in [3.05, 3.63) is 0 Å². The molecule has 3 aliphatic heterocycles. The second-order valence-electron chi connectivity index (χ2n) is 8.15. The molecule has 0 saturated carbocycles. The highest BCUT2D eigenvalue weighted by atomic mass is 16.1. The highest BCUT2D eigenvalue weighted by Gasteiger charge is 2.34. The molecule has 3 heterocycles. The summed E-state index contributed by atoms with van der Waals surface area (Å²) in [5.74, 6) is 1.67. The number of carbonyl (C=O) groups is 1. The Bertz CT molecular complexity index is 375. The lowest BCUT2D eigenvalue weighted by Crippen LogP contribution is -2.46. The van der Waals surface area contributed by atoms with Crippen molar-refractivity contribution >= 4 is 5.91 Å². The van der Waals surface area contributed by atoms with Crippen LogP contribution < -0.4 is 10.6 Å². The Morgan fingerprint density at radius 1 is 1.27 bits per heavy atom. The van der Waals surface area contributed by atoms with Crippen LogP contribution in [0.4, 0.5) is 0 Å². The molecule has 0 aromatic carbocycles. The third-order valence-corrected chi connectivity index (χ3v) is 5.73. The zero-order chi connectivity index (χ0) is 15.5. The van der Waals surface area contributed by atoms with Gasteiger partial charge in [-0.05, 0) is 63.8 Å². The predicted octanol–water partition coefficient (Wildman–Crippen LogP) is 2.14. The number of fused-ring (bicyclic) bond motifs is 2. The average Bonchev–Trinajstić information content (AvgIpc) is 2.77. The van der Waals surface area contributed by atoms with Crippen LogP contribution in [0.25, 0.3) is 0 Å². The Balaban J connectivity index is 1.37. The average molecular weight is 307 g/mol. The first kappa shape index (κ1) is 16.3. The SMILES string of the molecule is CC1CCCN(CC(C)NC(=O)CC2CC3CCC(C2)N3)C1. The van der Waals surface area contributed by atoms with Crippen molar-refractivity contribution < 1.29 is 4.79 Å². The number of hydrogen-bond acceptors (Lipinski definition) is 3. The van der Waals surface area contributed by atoms with Crippen LogP contribution in [-0.4, -0.2) is 48.6 Å². The lowest BCUT2D eigenvalue weighted by atomic mass is 9.89. The van der Waals surface area contributed by atoms with E-state index in [1.807, 2.05) is 0 Å². The molecule has 3 aliphatic rings. The minimum Gasteiger partial charge on any atom is -0.352 e. The van der Waals surface area contributed by atoms with Crippen LogP contribution >= 0.6 is 0 Å². The van der Waals surface area contributed by atoms with Crippen LogP contribution in [-0.2, 0) is 4.79 Å². The van der Waals surface area contributed by atoms with Crippen molar-refractivity contribution in [2.24, 2.45) is 11.8 Å². The van der Waals surface area contributed by atoms with Gasteiger partial charge in [0.2, 0.25) is 5.91 Å². The summed E-state index contributed by atoms with van der Waals surface area (Å²) in [6, 6.07) is 1.64. The molecule has 0 spiro atoms. The minimum absolute atomic E-state index is 0.267. The largest absolute Gasteiger partial charge is 0.352 e. The quantitative estimate of drug-likeness (QED) is 0.818. The van der Waals surface area contributed by atoms with Crippen molar-refractivity contribution in [2.75, 3.05) is 19.6 Å². The number of piperidine rings is 2. The first-order chi connectivity index (χ1) is 10.6. The summed E-state index contributed by atoms with van der Waals surface area (Å²) in [4.78, 5) is 14.8. The first-order valence-corrected chi connectivity index (χ1v) is 9.36. The lowest BCUT2D eigenvalue weighted by molar-refractivity contribution is -0.123. The minimum atomic E-state index is 0.267. The van der Waals surface area contributed by atoms with Gasteiger partial charge in [-0.3, -0.25) is 4.79 Å². The molecule has 0 aromatic heterocycles. The Kier molecular flexibility index (Phi) is 5.40. The van der Waals surface area contributed by atoms with E-state index in [1.54, 1.807) is 0 Å². The van der Waals surface area contributed by atoms with E-state index in [-0.39, 0.29) is 11.9 Å². The Labute approximate surface area is 135 Å². The molecule has 3 rings (SSSR count). The van der Waals surface area contributed by atoms with Gasteiger partial charge in [0, 0.05) is 37.6 Å². The zero-order valence-corrected chi connectivity index (χ0v) is 14.3. The molecule has 4 nitrogen and oxygen atoms in total. The summed E-state index contributed by atoms with van der Waals surface area (Å²) in [6.07, 6.45) is 8.41. The third-order valence-electron chi connectivity index (χ3n) is 5.73. The molecule has 4 atom stereocenters. The van der Waals surface area contributed by atoms with E-state index in [2.05, 4.69) is 29.4 Å². The highest BCUT2D eigenvalue weighted by Crippen LogP contribution is 2.32. The number of likely N-dealkylation sites (tertiary alicyclic amines) is 1. The number of rotatable bonds is 5. The molecule has 2 N–H and O–H groups in total. The van der Waals surface area contributed by atoms with Crippen LogP contribution in [0.2, 0.25) is 0 Å². The number of hydrogen-bond donors (Lipinski definition) is 2. The lowest BCUT2D eigenvalue weighted by Gasteiger charge is -2.33. The monoisotopic (exact) mass is 307 g/mol. The van der Waals surface area contributed by atoms with Crippen molar-refractivity contribution in [3.8, 4) is 0 Å². The van der Waals surface area contributed by atoms with E-state index in [1.165, 1.54) is 51.6 Å². The van der Waals surface area contributed by atoms with Gasteiger partial charge in [-0.25, -0.2) is 0 Å². The molecule has 22 heavy (non-hydrogen) atoms. The number of nitrogens with zero attached hydrogens (tertiary/aromatic N) is 1. The van der Waals surface area contributed by atoms with Crippen LogP contribution in [0.3, 0.4) is 0 Å². The summed E-state index contributed by atoms with van der Waals surface area (Å²) >= 11 is 0. The molecule has 4 unspecified atom stereocenters. The van der Waals surface area contributed by atoms with Gasteiger partial charge in [-0.15, -0.1) is 0 Å². The summed E-state index contributed by atoms with van der Waals surface area (Å²) in [6.45, 7) is 7.89. The van der Waals surface area contributed by atoms with E-state index in [0.717, 1.165) is 18.9 Å². The molecular formula is C18H33N3O. The van der Waals surface area contributed by atoms with E-state index in [9.17, 15) is 4.79 Å². The Morgan fingerprint density at radius 3 is 2.68 bits per heavy atom. The molecule has 126 valence electrons. The topological polar surface area (TPSA) is 44.4 Å². The van der Waals surface area contributed by atoms with Gasteiger partial charge in [0.1, 0.15) is 0 Å². The summed E-state index contributed by atoms with van der Waals surface area (Å²) in [7, 11) is 0. The second-order valence-corrected chi connectivity index (χ2v) is 8.15. The zero-order valence-electron chi connectivity index (χ0n) is 14.3. The molecule has 3 fully saturated rings. The second kappa shape index (κ2) is 7.31. The molecule has 3 saturated heterocycles. The van der Waals surface area contributed by atoms with Gasteiger partial charge in [-0.2, -0.15) is 0 Å². The predicted molar refractivity (Wildman–Crippen MR) is 89.7 cm³/mol. The molecule has 1 amide bonds. The normalized spacial score (nSPS) is 37.0. The number of nitrogens with one attached hydrogen (secondary N) is 2. The third kappa shape index (κ3) is 4.45. The van der Waals surface area contributed by atoms with Gasteiger partial charge < -0.3 is 15.5 Å². The summed E-state index contributed by atoms with van der Waals surface area (Å²) < 4.78 is 0. The van der Waals surface area contributed by atoms with Crippen LogP contribution in [0.1, 0.15) is 58.8 Å².